The molecule has 1 N–H and O–H groups in total. The second kappa shape index (κ2) is 5.23. The van der Waals surface area contributed by atoms with Crippen LogP contribution in [0, 0.1) is 0 Å². The minimum atomic E-state index is 0.122. The molecular weight excluding hydrogens is 206 g/mol. The van der Waals surface area contributed by atoms with Crippen molar-refractivity contribution in [3.63, 3.8) is 0 Å². The first-order valence-electron chi connectivity index (χ1n) is 5.60. The third-order valence-corrected chi connectivity index (χ3v) is 2.57. The summed E-state index contributed by atoms with van der Waals surface area (Å²) < 4.78 is 5.55. The summed E-state index contributed by atoms with van der Waals surface area (Å²) in [5.41, 5.74) is 0. The van der Waals surface area contributed by atoms with Crippen LogP contribution in [-0.4, -0.2) is 39.9 Å². The molecule has 1 aliphatic carbocycles. The summed E-state index contributed by atoms with van der Waals surface area (Å²) in [6.45, 7) is 5.68. The van der Waals surface area contributed by atoms with Crippen LogP contribution in [0.1, 0.15) is 30.5 Å². The molecule has 2 rings (SSSR count). The van der Waals surface area contributed by atoms with Crippen molar-refractivity contribution in [1.29, 1.82) is 0 Å². The van der Waals surface area contributed by atoms with Gasteiger partial charge in [0.05, 0.1) is 13.2 Å². The molecule has 1 aromatic heterocycles. The molecule has 0 bridgehead atoms. The molecule has 0 saturated heterocycles. The lowest BCUT2D eigenvalue weighted by Gasteiger charge is -2.16. The fourth-order valence-corrected chi connectivity index (χ4v) is 1.58. The number of aromatic nitrogens is 2. The first kappa shape index (κ1) is 11.3. The maximum absolute atomic E-state index is 8.90. The fraction of sp³-hybridized carbons (Fsp3) is 0.636. The second-order valence-corrected chi connectivity index (χ2v) is 4.06. The van der Waals surface area contributed by atoms with E-state index in [1.54, 1.807) is 6.08 Å². The van der Waals surface area contributed by atoms with Crippen LogP contribution in [-0.2, 0) is 6.54 Å². The number of hydrogen-bond acceptors (Lipinski definition) is 5. The maximum Gasteiger partial charge on any atom is 0.230 e. The molecular formula is C11H17N3O2. The van der Waals surface area contributed by atoms with E-state index in [2.05, 4.69) is 16.8 Å². The quantitative estimate of drug-likeness (QED) is 0.697. The lowest BCUT2D eigenvalue weighted by atomic mass is 10.4. The van der Waals surface area contributed by atoms with Crippen molar-refractivity contribution in [2.24, 2.45) is 0 Å². The lowest BCUT2D eigenvalue weighted by Crippen LogP contribution is -2.26. The van der Waals surface area contributed by atoms with Gasteiger partial charge in [-0.3, -0.25) is 4.90 Å². The van der Waals surface area contributed by atoms with Gasteiger partial charge >= 0.3 is 0 Å². The van der Waals surface area contributed by atoms with Gasteiger partial charge in [0.25, 0.3) is 0 Å². The first-order chi connectivity index (χ1) is 7.83. The first-order valence-corrected chi connectivity index (χ1v) is 5.60. The Kier molecular flexibility index (Phi) is 3.69. The Labute approximate surface area is 94.8 Å². The molecule has 1 saturated carbocycles. The highest BCUT2D eigenvalue weighted by Gasteiger charge is 2.29. The summed E-state index contributed by atoms with van der Waals surface area (Å²) in [7, 11) is 0. The van der Waals surface area contributed by atoms with Crippen LogP contribution in [0.4, 0.5) is 0 Å². The summed E-state index contributed by atoms with van der Waals surface area (Å²) in [6.07, 6.45) is 4.12. The molecule has 0 radical (unpaired) electrons. The number of nitrogens with zero attached hydrogens (tertiary/aromatic N) is 3. The Bertz CT molecular complexity index is 347. The Balaban J connectivity index is 1.91. The van der Waals surface area contributed by atoms with Crippen LogP contribution in [0.15, 0.2) is 17.1 Å². The van der Waals surface area contributed by atoms with Gasteiger partial charge in [0.15, 0.2) is 0 Å². The average Bonchev–Trinajstić information content (AvgIpc) is 3.01. The maximum atomic E-state index is 8.90. The Morgan fingerprint density at radius 2 is 2.31 bits per heavy atom. The predicted octanol–water partition coefficient (Wildman–Crippen LogP) is 0.927. The molecule has 1 aliphatic rings. The largest absolute Gasteiger partial charge is 0.424 e. The van der Waals surface area contributed by atoms with Crippen molar-refractivity contribution < 1.29 is 9.52 Å². The van der Waals surface area contributed by atoms with Crippen LogP contribution in [0.2, 0.25) is 0 Å². The van der Waals surface area contributed by atoms with Crippen molar-refractivity contribution in [3.05, 3.63) is 24.4 Å². The van der Waals surface area contributed by atoms with Gasteiger partial charge in [-0.1, -0.05) is 6.08 Å². The zero-order chi connectivity index (χ0) is 11.4. The van der Waals surface area contributed by atoms with Gasteiger partial charge < -0.3 is 9.52 Å². The van der Waals surface area contributed by atoms with Crippen molar-refractivity contribution in [1.82, 2.24) is 15.1 Å². The molecule has 16 heavy (non-hydrogen) atoms. The number of hydrogen-bond donors (Lipinski definition) is 1. The molecule has 1 fully saturated rings. The molecule has 1 aromatic rings. The normalized spacial score (nSPS) is 15.6. The third kappa shape index (κ3) is 2.90. The van der Waals surface area contributed by atoms with Crippen molar-refractivity contribution in [2.45, 2.75) is 25.3 Å². The van der Waals surface area contributed by atoms with Gasteiger partial charge in [-0.05, 0) is 12.8 Å². The topological polar surface area (TPSA) is 62.4 Å². The van der Waals surface area contributed by atoms with Crippen LogP contribution in [0.5, 0.6) is 0 Å². The number of aliphatic hydroxyl groups is 1. The van der Waals surface area contributed by atoms with Crippen molar-refractivity contribution >= 4 is 0 Å². The van der Waals surface area contributed by atoms with Crippen LogP contribution >= 0.6 is 0 Å². The summed E-state index contributed by atoms with van der Waals surface area (Å²) in [4.78, 5) is 2.01. The van der Waals surface area contributed by atoms with Crippen LogP contribution < -0.4 is 0 Å². The standard InChI is InChI=1S/C11H17N3O2/c1-2-5-14(6-7-15)8-10-12-13-11(16-10)9-3-4-9/h2,9,15H,1,3-8H2. The van der Waals surface area contributed by atoms with Gasteiger partial charge in [0.1, 0.15) is 0 Å². The Morgan fingerprint density at radius 1 is 1.50 bits per heavy atom. The Morgan fingerprint density at radius 3 is 2.94 bits per heavy atom. The van der Waals surface area contributed by atoms with E-state index in [4.69, 9.17) is 9.52 Å². The van der Waals surface area contributed by atoms with E-state index in [1.165, 1.54) is 0 Å². The van der Waals surface area contributed by atoms with E-state index < -0.39 is 0 Å². The van der Waals surface area contributed by atoms with Gasteiger partial charge in [-0.15, -0.1) is 16.8 Å². The van der Waals surface area contributed by atoms with Gasteiger partial charge in [-0.25, -0.2) is 0 Å². The molecule has 0 aliphatic heterocycles. The highest BCUT2D eigenvalue weighted by Crippen LogP contribution is 2.39. The molecule has 88 valence electrons. The predicted molar refractivity (Wildman–Crippen MR) is 58.8 cm³/mol. The van der Waals surface area contributed by atoms with Gasteiger partial charge in [-0.2, -0.15) is 0 Å². The minimum absolute atomic E-state index is 0.122. The van der Waals surface area contributed by atoms with E-state index >= 15 is 0 Å². The van der Waals surface area contributed by atoms with E-state index in [1.807, 2.05) is 4.90 Å². The second-order valence-electron chi connectivity index (χ2n) is 4.06. The number of rotatable bonds is 7. The summed E-state index contributed by atoms with van der Waals surface area (Å²) in [5.74, 6) is 1.88. The monoisotopic (exact) mass is 223 g/mol. The molecule has 0 atom stereocenters. The zero-order valence-corrected chi connectivity index (χ0v) is 9.30. The molecule has 5 nitrogen and oxygen atoms in total. The molecule has 0 aromatic carbocycles. The van der Waals surface area contributed by atoms with E-state index in [9.17, 15) is 0 Å². The molecule has 1 heterocycles. The van der Waals surface area contributed by atoms with Crippen molar-refractivity contribution in [3.8, 4) is 0 Å². The minimum Gasteiger partial charge on any atom is -0.424 e. The SMILES string of the molecule is C=CCN(CCO)Cc1nnc(C2CC2)o1. The fourth-order valence-electron chi connectivity index (χ4n) is 1.58. The van der Waals surface area contributed by atoms with Crippen LogP contribution in [0.25, 0.3) is 0 Å². The molecule has 0 spiro atoms. The van der Waals surface area contributed by atoms with E-state index in [-0.39, 0.29) is 6.61 Å². The van der Waals surface area contributed by atoms with Gasteiger partial charge in [0, 0.05) is 19.0 Å². The summed E-state index contributed by atoms with van der Waals surface area (Å²) in [5, 5.41) is 16.9. The summed E-state index contributed by atoms with van der Waals surface area (Å²) in [6, 6.07) is 0. The number of aliphatic hydroxyl groups excluding tert-OH is 1. The van der Waals surface area contributed by atoms with E-state index in [0.717, 1.165) is 18.7 Å². The zero-order valence-electron chi connectivity index (χ0n) is 9.30. The smallest absolute Gasteiger partial charge is 0.230 e. The highest BCUT2D eigenvalue weighted by molar-refractivity contribution is 5.00. The summed E-state index contributed by atoms with van der Waals surface area (Å²) >= 11 is 0. The molecule has 0 unspecified atom stereocenters. The highest BCUT2D eigenvalue weighted by atomic mass is 16.4. The van der Waals surface area contributed by atoms with E-state index in [0.29, 0.717) is 31.4 Å². The van der Waals surface area contributed by atoms with Gasteiger partial charge in [0.2, 0.25) is 11.8 Å². The van der Waals surface area contributed by atoms with Crippen LogP contribution in [0.3, 0.4) is 0 Å². The Hall–Kier alpha value is -1.20. The van der Waals surface area contributed by atoms with Crippen molar-refractivity contribution in [2.75, 3.05) is 19.7 Å². The average molecular weight is 223 g/mol. The molecule has 5 heteroatoms. The molecule has 0 amide bonds. The lowest BCUT2D eigenvalue weighted by molar-refractivity contribution is 0.191. The third-order valence-electron chi connectivity index (χ3n) is 2.57.